The molecule has 0 bridgehead atoms. The van der Waals surface area contributed by atoms with Crippen molar-refractivity contribution in [3.8, 4) is 5.75 Å². The molecular weight excluding hydrogens is 419 g/mol. The molecule has 30 heavy (non-hydrogen) atoms. The average molecular weight is 441 g/mol. The minimum Gasteiger partial charge on any atom is -0.479 e. The van der Waals surface area contributed by atoms with E-state index in [0.717, 1.165) is 5.56 Å². The highest BCUT2D eigenvalue weighted by molar-refractivity contribution is 5.73. The minimum atomic E-state index is -5.08. The lowest BCUT2D eigenvalue weighted by Crippen LogP contribution is -2.61. The second-order valence-electron chi connectivity index (χ2n) is 6.48. The van der Waals surface area contributed by atoms with E-state index in [9.17, 15) is 33.3 Å². The predicted octanol–water partition coefficient (Wildman–Crippen LogP) is -0.519. The Morgan fingerprint density at radius 1 is 1.10 bits per heavy atom. The van der Waals surface area contributed by atoms with Crippen molar-refractivity contribution in [2.24, 2.45) is 5.73 Å². The van der Waals surface area contributed by atoms with Gasteiger partial charge in [0.15, 0.2) is 6.10 Å². The molecule has 0 saturated carbocycles. The van der Waals surface area contributed by atoms with Gasteiger partial charge in [-0.2, -0.15) is 13.2 Å². The van der Waals surface area contributed by atoms with Crippen LogP contribution in [0, 0.1) is 0 Å². The van der Waals surface area contributed by atoms with Crippen molar-refractivity contribution in [3.05, 3.63) is 29.8 Å². The summed E-state index contributed by atoms with van der Waals surface area (Å²) in [5.41, 5.74) is 6.71. The van der Waals surface area contributed by atoms with Crippen molar-refractivity contribution >= 4 is 11.9 Å². The van der Waals surface area contributed by atoms with Gasteiger partial charge in [-0.1, -0.05) is 12.1 Å². The summed E-state index contributed by atoms with van der Waals surface area (Å²) in [5, 5.41) is 45.3. The fourth-order valence-corrected chi connectivity index (χ4v) is 2.36. The molecule has 0 aromatic heterocycles. The van der Waals surface area contributed by atoms with Crippen molar-refractivity contribution in [2.45, 2.75) is 56.3 Å². The molecule has 1 heterocycles. The lowest BCUT2D eigenvalue weighted by molar-refractivity contribution is -0.271. The van der Waals surface area contributed by atoms with Crippen molar-refractivity contribution in [1.82, 2.24) is 0 Å². The first kappa shape index (κ1) is 25.6. The Balaban J connectivity index is 0.000000553. The number of aliphatic hydroxyl groups is 3. The Hall–Kier alpha value is -2.45. The number of aliphatic carboxylic acids is 2. The van der Waals surface area contributed by atoms with E-state index in [2.05, 4.69) is 0 Å². The Morgan fingerprint density at radius 3 is 2.00 bits per heavy atom. The standard InChI is InChI=1S/C15H21NO7.C2HF3O2/c1-7(16)6-8-2-4-9(5-3-8)22-15-12(19)10(17)11(18)13(23-15)14(20)21;3-2(4,5)1(6)7/h2-5,7,10-13,15,17-19H,6,16H2,1H3,(H,20,21);(H,6,7)/t7?,10-,11-,12+,13-,15+;/m0./s1. The maximum Gasteiger partial charge on any atom is 0.490 e. The van der Waals surface area contributed by atoms with Gasteiger partial charge in [-0.15, -0.1) is 0 Å². The van der Waals surface area contributed by atoms with Crippen molar-refractivity contribution in [3.63, 3.8) is 0 Å². The second kappa shape index (κ2) is 10.5. The highest BCUT2D eigenvalue weighted by atomic mass is 19.4. The number of halogens is 3. The number of carboxylic acids is 2. The molecule has 170 valence electrons. The van der Waals surface area contributed by atoms with Crippen LogP contribution in [0.4, 0.5) is 13.2 Å². The molecule has 7 N–H and O–H groups in total. The number of aliphatic hydroxyl groups excluding tert-OH is 3. The van der Waals surface area contributed by atoms with E-state index in [4.69, 9.17) is 30.2 Å². The van der Waals surface area contributed by atoms with Crippen LogP contribution in [0.3, 0.4) is 0 Å². The molecule has 0 aliphatic carbocycles. The van der Waals surface area contributed by atoms with E-state index in [-0.39, 0.29) is 6.04 Å². The quantitative estimate of drug-likeness (QED) is 0.348. The third kappa shape index (κ3) is 7.42. The van der Waals surface area contributed by atoms with E-state index in [1.807, 2.05) is 6.92 Å². The molecule has 6 atom stereocenters. The zero-order valence-corrected chi connectivity index (χ0v) is 15.6. The van der Waals surface area contributed by atoms with Crippen LogP contribution in [0.2, 0.25) is 0 Å². The zero-order valence-electron chi connectivity index (χ0n) is 15.6. The molecule has 2 rings (SSSR count). The van der Waals surface area contributed by atoms with Gasteiger partial charge in [-0.25, -0.2) is 9.59 Å². The lowest BCUT2D eigenvalue weighted by Gasteiger charge is -2.38. The Morgan fingerprint density at radius 2 is 1.60 bits per heavy atom. The Labute approximate surface area is 168 Å². The van der Waals surface area contributed by atoms with Crippen molar-refractivity contribution < 1.29 is 57.8 Å². The predicted molar refractivity (Wildman–Crippen MR) is 92.4 cm³/mol. The van der Waals surface area contributed by atoms with Crippen LogP contribution < -0.4 is 10.5 Å². The number of rotatable bonds is 5. The third-order valence-electron chi connectivity index (χ3n) is 3.79. The van der Waals surface area contributed by atoms with Crippen molar-refractivity contribution in [1.29, 1.82) is 0 Å². The number of benzene rings is 1. The normalized spacial score (nSPS) is 27.4. The summed E-state index contributed by atoms with van der Waals surface area (Å²) >= 11 is 0. The van der Waals surface area contributed by atoms with Crippen LogP contribution in [0.5, 0.6) is 5.75 Å². The maximum absolute atomic E-state index is 11.0. The first-order chi connectivity index (χ1) is 13.7. The first-order valence-corrected chi connectivity index (χ1v) is 8.47. The second-order valence-corrected chi connectivity index (χ2v) is 6.48. The average Bonchev–Trinajstić information content (AvgIpc) is 2.62. The molecule has 10 nitrogen and oxygen atoms in total. The van der Waals surface area contributed by atoms with Gasteiger partial charge in [-0.3, -0.25) is 0 Å². The molecule has 0 radical (unpaired) electrons. The summed E-state index contributed by atoms with van der Waals surface area (Å²) in [6, 6.07) is 6.84. The SMILES string of the molecule is CC(N)Cc1ccc(O[C@@H]2O[C@H](C(=O)O)[C@@H](O)[C@H](O)[C@H]2O)cc1.O=C(O)C(F)(F)F. The Bertz CT molecular complexity index is 711. The van der Waals surface area contributed by atoms with Crippen LogP contribution in [0.15, 0.2) is 24.3 Å². The fraction of sp³-hybridized carbons (Fsp3) is 0.529. The molecule has 1 fully saturated rings. The van der Waals surface area contributed by atoms with Crippen LogP contribution in [0.25, 0.3) is 0 Å². The molecule has 1 aromatic rings. The van der Waals surface area contributed by atoms with E-state index >= 15 is 0 Å². The molecule has 1 saturated heterocycles. The van der Waals surface area contributed by atoms with Crippen LogP contribution in [0.1, 0.15) is 12.5 Å². The highest BCUT2D eigenvalue weighted by Gasteiger charge is 2.48. The summed E-state index contributed by atoms with van der Waals surface area (Å²) in [4.78, 5) is 19.9. The number of carboxylic acid groups (broad SMARTS) is 2. The van der Waals surface area contributed by atoms with Gasteiger partial charge >= 0.3 is 18.1 Å². The number of carbonyl (C=O) groups is 2. The molecule has 13 heteroatoms. The van der Waals surface area contributed by atoms with Crippen LogP contribution >= 0.6 is 0 Å². The molecule has 0 amide bonds. The zero-order chi connectivity index (χ0) is 23.2. The molecule has 1 aliphatic heterocycles. The summed E-state index contributed by atoms with van der Waals surface area (Å²) in [6.45, 7) is 1.88. The number of nitrogens with two attached hydrogens (primary N) is 1. The summed E-state index contributed by atoms with van der Waals surface area (Å²) in [6.07, 6.45) is -12.5. The minimum absolute atomic E-state index is 0.0122. The first-order valence-electron chi connectivity index (χ1n) is 8.47. The van der Waals surface area contributed by atoms with Gasteiger partial charge in [0, 0.05) is 6.04 Å². The maximum atomic E-state index is 11.0. The van der Waals surface area contributed by atoms with E-state index < -0.39 is 48.8 Å². The topological polar surface area (TPSA) is 180 Å². The van der Waals surface area contributed by atoms with Gasteiger partial charge in [-0.05, 0) is 31.0 Å². The Kier molecular flexibility index (Phi) is 8.99. The van der Waals surface area contributed by atoms with Gasteiger partial charge in [0.1, 0.15) is 24.1 Å². The largest absolute Gasteiger partial charge is 0.490 e. The molecule has 1 aliphatic rings. The van der Waals surface area contributed by atoms with E-state index in [1.54, 1.807) is 24.3 Å². The summed E-state index contributed by atoms with van der Waals surface area (Å²) in [5.74, 6) is -3.88. The number of alkyl halides is 3. The van der Waals surface area contributed by atoms with Crippen LogP contribution in [-0.2, 0) is 20.7 Å². The molecule has 1 aromatic carbocycles. The summed E-state index contributed by atoms with van der Waals surface area (Å²) < 4.78 is 42.2. The van der Waals surface area contributed by atoms with Gasteiger partial charge in [0.05, 0.1) is 0 Å². The summed E-state index contributed by atoms with van der Waals surface area (Å²) in [7, 11) is 0. The van der Waals surface area contributed by atoms with Gasteiger partial charge < -0.3 is 40.7 Å². The number of hydrogen-bond donors (Lipinski definition) is 6. The van der Waals surface area contributed by atoms with Gasteiger partial charge in [0.25, 0.3) is 0 Å². The molecule has 1 unspecified atom stereocenters. The smallest absolute Gasteiger partial charge is 0.479 e. The van der Waals surface area contributed by atoms with Gasteiger partial charge in [0.2, 0.25) is 6.29 Å². The van der Waals surface area contributed by atoms with Crippen LogP contribution in [-0.4, -0.2) is 80.4 Å². The lowest BCUT2D eigenvalue weighted by atomic mass is 9.99. The number of ether oxygens (including phenoxy) is 2. The third-order valence-corrected chi connectivity index (χ3v) is 3.79. The van der Waals surface area contributed by atoms with E-state index in [1.165, 1.54) is 0 Å². The van der Waals surface area contributed by atoms with E-state index in [0.29, 0.717) is 12.2 Å². The molecule has 0 spiro atoms. The molecular formula is C17H22F3NO9. The van der Waals surface area contributed by atoms with Crippen molar-refractivity contribution in [2.75, 3.05) is 0 Å². The number of hydrogen-bond acceptors (Lipinski definition) is 8. The highest BCUT2D eigenvalue weighted by Crippen LogP contribution is 2.25. The fourth-order valence-electron chi connectivity index (χ4n) is 2.36. The monoisotopic (exact) mass is 441 g/mol.